The molecule has 0 aromatic heterocycles. The molecule has 2 unspecified atom stereocenters. The van der Waals surface area contributed by atoms with Gasteiger partial charge in [0.15, 0.2) is 0 Å². The van der Waals surface area contributed by atoms with Gasteiger partial charge in [0.1, 0.15) is 17.1 Å². The number of nitrogens with zero attached hydrogens (tertiary/aromatic N) is 2. The summed E-state index contributed by atoms with van der Waals surface area (Å²) in [6, 6.07) is 4.17. The van der Waals surface area contributed by atoms with Crippen LogP contribution in [-0.4, -0.2) is 54.0 Å². The van der Waals surface area contributed by atoms with Gasteiger partial charge in [0.2, 0.25) is 0 Å². The number of carbonyl (C=O) groups excluding carboxylic acids is 1. The van der Waals surface area contributed by atoms with Crippen molar-refractivity contribution in [3.8, 4) is 5.75 Å². The summed E-state index contributed by atoms with van der Waals surface area (Å²) in [4.78, 5) is 16.0. The van der Waals surface area contributed by atoms with Crippen molar-refractivity contribution in [2.45, 2.75) is 13.0 Å². The van der Waals surface area contributed by atoms with Crippen molar-refractivity contribution in [3.63, 3.8) is 0 Å². The van der Waals surface area contributed by atoms with Crippen LogP contribution >= 0.6 is 0 Å². The SMILES string of the molecule is CC1CN(C(=O)c2c(O)cccc2F)CC1N(C)C. The van der Waals surface area contributed by atoms with E-state index in [0.717, 1.165) is 0 Å². The quantitative estimate of drug-likeness (QED) is 0.883. The first-order chi connectivity index (χ1) is 8.91. The molecule has 1 aliphatic rings. The maximum atomic E-state index is 13.7. The number of likely N-dealkylation sites (N-methyl/N-ethyl adjacent to an activating group) is 1. The van der Waals surface area contributed by atoms with E-state index in [2.05, 4.69) is 11.8 Å². The summed E-state index contributed by atoms with van der Waals surface area (Å²) in [5.41, 5.74) is -0.228. The minimum Gasteiger partial charge on any atom is -0.507 e. The van der Waals surface area contributed by atoms with Gasteiger partial charge in [0, 0.05) is 19.1 Å². The van der Waals surface area contributed by atoms with Crippen LogP contribution in [-0.2, 0) is 0 Å². The maximum Gasteiger partial charge on any atom is 0.260 e. The summed E-state index contributed by atoms with van der Waals surface area (Å²) in [6.45, 7) is 3.20. The molecule has 0 saturated carbocycles. The fraction of sp³-hybridized carbons (Fsp3) is 0.500. The molecule has 0 bridgehead atoms. The molecule has 1 aliphatic heterocycles. The number of hydrogen-bond acceptors (Lipinski definition) is 3. The van der Waals surface area contributed by atoms with Crippen molar-refractivity contribution in [1.29, 1.82) is 0 Å². The van der Waals surface area contributed by atoms with Crippen molar-refractivity contribution in [2.24, 2.45) is 5.92 Å². The van der Waals surface area contributed by atoms with Gasteiger partial charge in [-0.15, -0.1) is 0 Å². The maximum absolute atomic E-state index is 13.7. The molecule has 1 saturated heterocycles. The van der Waals surface area contributed by atoms with E-state index in [1.54, 1.807) is 4.90 Å². The lowest BCUT2D eigenvalue weighted by Crippen LogP contribution is -2.36. The van der Waals surface area contributed by atoms with E-state index in [4.69, 9.17) is 0 Å². The number of aromatic hydroxyl groups is 1. The first-order valence-corrected chi connectivity index (χ1v) is 6.35. The van der Waals surface area contributed by atoms with Crippen LogP contribution in [0.15, 0.2) is 18.2 Å². The van der Waals surface area contributed by atoms with Crippen molar-refractivity contribution in [3.05, 3.63) is 29.6 Å². The summed E-state index contributed by atoms with van der Waals surface area (Å²) in [5.74, 6) is -1.09. The third-order valence-electron chi connectivity index (χ3n) is 3.73. The summed E-state index contributed by atoms with van der Waals surface area (Å²) in [6.07, 6.45) is 0. The normalized spacial score (nSPS) is 23.1. The Morgan fingerprint density at radius 1 is 1.42 bits per heavy atom. The molecule has 0 aliphatic carbocycles. The third kappa shape index (κ3) is 2.56. The van der Waals surface area contributed by atoms with Crippen LogP contribution in [0.5, 0.6) is 5.75 Å². The molecule has 2 atom stereocenters. The molecule has 0 radical (unpaired) electrons. The number of phenols is 1. The molecule has 4 nitrogen and oxygen atoms in total. The zero-order chi connectivity index (χ0) is 14.2. The molecule has 19 heavy (non-hydrogen) atoms. The van der Waals surface area contributed by atoms with E-state index in [9.17, 15) is 14.3 Å². The molecule has 1 aromatic rings. The van der Waals surface area contributed by atoms with Gasteiger partial charge in [-0.2, -0.15) is 0 Å². The van der Waals surface area contributed by atoms with Gasteiger partial charge >= 0.3 is 0 Å². The van der Waals surface area contributed by atoms with E-state index >= 15 is 0 Å². The number of rotatable bonds is 2. The molecular weight excluding hydrogens is 247 g/mol. The zero-order valence-electron chi connectivity index (χ0n) is 11.4. The average molecular weight is 266 g/mol. The summed E-state index contributed by atoms with van der Waals surface area (Å²) in [5, 5.41) is 9.67. The first-order valence-electron chi connectivity index (χ1n) is 6.35. The molecule has 0 spiro atoms. The van der Waals surface area contributed by atoms with Crippen LogP contribution in [0.1, 0.15) is 17.3 Å². The predicted octanol–water partition coefficient (Wildman–Crippen LogP) is 1.55. The minimum absolute atomic E-state index is 0.228. The number of hydrogen-bond donors (Lipinski definition) is 1. The van der Waals surface area contributed by atoms with Gasteiger partial charge in [0.25, 0.3) is 5.91 Å². The Balaban J connectivity index is 2.22. The summed E-state index contributed by atoms with van der Waals surface area (Å²) in [7, 11) is 3.94. The largest absolute Gasteiger partial charge is 0.507 e. The van der Waals surface area contributed by atoms with Crippen LogP contribution in [0, 0.1) is 11.7 Å². The first kappa shape index (κ1) is 13.8. The van der Waals surface area contributed by atoms with E-state index in [0.29, 0.717) is 19.0 Å². The van der Waals surface area contributed by atoms with E-state index in [-0.39, 0.29) is 17.4 Å². The molecule has 104 valence electrons. The Kier molecular flexibility index (Phi) is 3.75. The fourth-order valence-electron chi connectivity index (χ4n) is 2.67. The lowest BCUT2D eigenvalue weighted by atomic mass is 10.1. The molecule has 1 aromatic carbocycles. The second kappa shape index (κ2) is 5.17. The van der Waals surface area contributed by atoms with Gasteiger partial charge in [0.05, 0.1) is 0 Å². The van der Waals surface area contributed by atoms with Crippen molar-refractivity contribution < 1.29 is 14.3 Å². The number of halogens is 1. The van der Waals surface area contributed by atoms with Gasteiger partial charge < -0.3 is 14.9 Å². The van der Waals surface area contributed by atoms with Crippen molar-refractivity contribution in [1.82, 2.24) is 9.80 Å². The van der Waals surface area contributed by atoms with Gasteiger partial charge in [-0.1, -0.05) is 13.0 Å². The Bertz CT molecular complexity index is 470. The molecular formula is C14H19FN2O2. The fourth-order valence-corrected chi connectivity index (χ4v) is 2.67. The highest BCUT2D eigenvalue weighted by atomic mass is 19.1. The van der Waals surface area contributed by atoms with Crippen LogP contribution in [0.25, 0.3) is 0 Å². The minimum atomic E-state index is -0.675. The Morgan fingerprint density at radius 3 is 2.63 bits per heavy atom. The summed E-state index contributed by atoms with van der Waals surface area (Å²) >= 11 is 0. The Labute approximate surface area is 112 Å². The van der Waals surface area contributed by atoms with Crippen LogP contribution in [0.2, 0.25) is 0 Å². The van der Waals surface area contributed by atoms with Crippen LogP contribution < -0.4 is 0 Å². The highest BCUT2D eigenvalue weighted by Gasteiger charge is 2.35. The molecule has 1 heterocycles. The molecule has 2 rings (SSSR count). The van der Waals surface area contributed by atoms with Crippen molar-refractivity contribution >= 4 is 5.91 Å². The number of carbonyl (C=O) groups is 1. The number of likely N-dealkylation sites (tertiary alicyclic amines) is 1. The summed E-state index contributed by atoms with van der Waals surface area (Å²) < 4.78 is 13.7. The van der Waals surface area contributed by atoms with E-state index < -0.39 is 11.7 Å². The topological polar surface area (TPSA) is 43.8 Å². The highest BCUT2D eigenvalue weighted by molar-refractivity contribution is 5.97. The Hall–Kier alpha value is -1.62. The highest BCUT2D eigenvalue weighted by Crippen LogP contribution is 2.26. The van der Waals surface area contributed by atoms with Crippen molar-refractivity contribution in [2.75, 3.05) is 27.2 Å². The third-order valence-corrected chi connectivity index (χ3v) is 3.73. The van der Waals surface area contributed by atoms with E-state index in [1.165, 1.54) is 18.2 Å². The second-order valence-electron chi connectivity index (χ2n) is 5.35. The number of benzene rings is 1. The Morgan fingerprint density at radius 2 is 2.11 bits per heavy atom. The van der Waals surface area contributed by atoms with E-state index in [1.807, 2.05) is 14.1 Å². The number of amides is 1. The monoisotopic (exact) mass is 266 g/mol. The average Bonchev–Trinajstić information content (AvgIpc) is 2.71. The molecule has 1 amide bonds. The standard InChI is InChI=1S/C14H19FN2O2/c1-9-7-17(8-11(9)16(2)3)14(19)13-10(15)5-4-6-12(13)18/h4-6,9,11,18H,7-8H2,1-3H3. The van der Waals surface area contributed by atoms with Gasteiger partial charge in [-0.25, -0.2) is 4.39 Å². The lowest BCUT2D eigenvalue weighted by molar-refractivity contribution is 0.0773. The molecule has 1 fully saturated rings. The molecule has 5 heteroatoms. The lowest BCUT2D eigenvalue weighted by Gasteiger charge is -2.22. The van der Waals surface area contributed by atoms with Crippen LogP contribution in [0.4, 0.5) is 4.39 Å². The molecule has 1 N–H and O–H groups in total. The number of phenolic OH excluding ortho intramolecular Hbond substituents is 1. The van der Waals surface area contributed by atoms with Gasteiger partial charge in [-0.3, -0.25) is 4.79 Å². The van der Waals surface area contributed by atoms with Crippen LogP contribution in [0.3, 0.4) is 0 Å². The predicted molar refractivity (Wildman–Crippen MR) is 70.6 cm³/mol. The zero-order valence-corrected chi connectivity index (χ0v) is 11.4. The van der Waals surface area contributed by atoms with Gasteiger partial charge in [-0.05, 0) is 32.1 Å². The second-order valence-corrected chi connectivity index (χ2v) is 5.35. The smallest absolute Gasteiger partial charge is 0.260 e.